The van der Waals surface area contributed by atoms with E-state index in [0.29, 0.717) is 19.0 Å². The number of aryl methyl sites for hydroxylation is 1. The van der Waals surface area contributed by atoms with Gasteiger partial charge in [0.15, 0.2) is 0 Å². The number of nitrogens with zero attached hydrogens (tertiary/aromatic N) is 2. The fraction of sp³-hybridized carbons (Fsp3) is 0.231. The van der Waals surface area contributed by atoms with E-state index in [9.17, 15) is 4.39 Å². The molecular formula is C13H12FN3O. The minimum absolute atomic E-state index is 0.0567. The Morgan fingerprint density at radius 1 is 1.44 bits per heavy atom. The van der Waals surface area contributed by atoms with E-state index in [0.717, 1.165) is 11.3 Å². The Labute approximate surface area is 104 Å². The van der Waals surface area contributed by atoms with Gasteiger partial charge in [-0.15, -0.1) is 0 Å². The van der Waals surface area contributed by atoms with Crippen molar-refractivity contribution in [1.29, 1.82) is 5.26 Å². The van der Waals surface area contributed by atoms with Gasteiger partial charge in [-0.1, -0.05) is 6.07 Å². The zero-order valence-electron chi connectivity index (χ0n) is 9.90. The van der Waals surface area contributed by atoms with E-state index in [1.807, 2.05) is 13.0 Å². The molecule has 0 amide bonds. The number of nitrogens with one attached hydrogen (secondary N) is 1. The van der Waals surface area contributed by atoms with Crippen LogP contribution >= 0.6 is 0 Å². The minimum Gasteiger partial charge on any atom is -0.445 e. The molecule has 0 radical (unpaired) electrons. The second-order valence-electron chi connectivity index (χ2n) is 3.89. The standard InChI is InChI=1S/C13H12FN3O/c1-9-6-17-13(18-9)8-16-7-10-2-3-12(14)11(4-10)5-15/h2-4,6,16H,7-8H2,1H3. The van der Waals surface area contributed by atoms with E-state index < -0.39 is 5.82 Å². The minimum atomic E-state index is -0.496. The second kappa shape index (κ2) is 5.43. The summed E-state index contributed by atoms with van der Waals surface area (Å²) in [5, 5.41) is 11.8. The lowest BCUT2D eigenvalue weighted by molar-refractivity contribution is 0.449. The smallest absolute Gasteiger partial charge is 0.208 e. The lowest BCUT2D eigenvalue weighted by Gasteiger charge is -2.03. The maximum absolute atomic E-state index is 13.1. The Morgan fingerprint density at radius 3 is 2.94 bits per heavy atom. The van der Waals surface area contributed by atoms with Crippen molar-refractivity contribution in [3.05, 3.63) is 53.0 Å². The van der Waals surface area contributed by atoms with Crippen molar-refractivity contribution in [2.75, 3.05) is 0 Å². The number of halogens is 1. The van der Waals surface area contributed by atoms with Gasteiger partial charge >= 0.3 is 0 Å². The maximum atomic E-state index is 13.1. The van der Waals surface area contributed by atoms with Crippen molar-refractivity contribution in [2.45, 2.75) is 20.0 Å². The average molecular weight is 245 g/mol. The third-order valence-electron chi connectivity index (χ3n) is 2.43. The first-order valence-electron chi connectivity index (χ1n) is 5.49. The molecule has 2 aromatic rings. The molecule has 18 heavy (non-hydrogen) atoms. The van der Waals surface area contributed by atoms with Gasteiger partial charge in [0.1, 0.15) is 17.6 Å². The summed E-state index contributed by atoms with van der Waals surface area (Å²) < 4.78 is 18.4. The van der Waals surface area contributed by atoms with Gasteiger partial charge in [-0.05, 0) is 24.6 Å². The molecule has 0 fully saturated rings. The van der Waals surface area contributed by atoms with Crippen LogP contribution in [0.4, 0.5) is 4.39 Å². The number of nitriles is 1. The molecule has 0 saturated heterocycles. The van der Waals surface area contributed by atoms with E-state index in [2.05, 4.69) is 10.3 Å². The van der Waals surface area contributed by atoms with Crippen LogP contribution < -0.4 is 5.32 Å². The predicted molar refractivity (Wildman–Crippen MR) is 62.9 cm³/mol. The molecule has 5 heteroatoms. The van der Waals surface area contributed by atoms with Crippen molar-refractivity contribution in [3.63, 3.8) is 0 Å². The summed E-state index contributed by atoms with van der Waals surface area (Å²) in [5.41, 5.74) is 0.900. The second-order valence-corrected chi connectivity index (χ2v) is 3.89. The maximum Gasteiger partial charge on any atom is 0.208 e. The number of rotatable bonds is 4. The first kappa shape index (κ1) is 12.3. The van der Waals surface area contributed by atoms with E-state index in [4.69, 9.17) is 9.68 Å². The molecule has 0 unspecified atom stereocenters. The molecule has 2 rings (SSSR count). The van der Waals surface area contributed by atoms with Gasteiger partial charge in [0.2, 0.25) is 5.89 Å². The van der Waals surface area contributed by atoms with Crippen LogP contribution in [0.15, 0.2) is 28.8 Å². The van der Waals surface area contributed by atoms with Gasteiger partial charge in [-0.3, -0.25) is 0 Å². The zero-order valence-corrected chi connectivity index (χ0v) is 9.90. The van der Waals surface area contributed by atoms with E-state index in [1.54, 1.807) is 12.3 Å². The molecule has 1 heterocycles. The topological polar surface area (TPSA) is 61.9 Å². The fourth-order valence-electron chi connectivity index (χ4n) is 1.57. The van der Waals surface area contributed by atoms with Crippen LogP contribution in [0.1, 0.15) is 22.8 Å². The molecule has 0 aliphatic rings. The highest BCUT2D eigenvalue weighted by Gasteiger charge is 2.03. The van der Waals surface area contributed by atoms with Crippen molar-refractivity contribution < 1.29 is 8.81 Å². The van der Waals surface area contributed by atoms with Crippen LogP contribution in [0.5, 0.6) is 0 Å². The summed E-state index contributed by atoms with van der Waals surface area (Å²) in [4.78, 5) is 4.05. The van der Waals surface area contributed by atoms with Crippen LogP contribution in [0, 0.1) is 24.1 Å². The summed E-state index contributed by atoms with van der Waals surface area (Å²) >= 11 is 0. The highest BCUT2D eigenvalue weighted by atomic mass is 19.1. The van der Waals surface area contributed by atoms with Crippen molar-refractivity contribution >= 4 is 0 Å². The first-order valence-corrected chi connectivity index (χ1v) is 5.49. The lowest BCUT2D eigenvalue weighted by atomic mass is 10.1. The summed E-state index contributed by atoms with van der Waals surface area (Å²) in [7, 11) is 0. The van der Waals surface area contributed by atoms with Crippen molar-refractivity contribution in [2.24, 2.45) is 0 Å². The molecule has 0 spiro atoms. The zero-order chi connectivity index (χ0) is 13.0. The SMILES string of the molecule is Cc1cnc(CNCc2ccc(F)c(C#N)c2)o1. The number of benzene rings is 1. The summed E-state index contributed by atoms with van der Waals surface area (Å²) in [6.07, 6.45) is 1.66. The van der Waals surface area contributed by atoms with Gasteiger partial charge in [0, 0.05) is 6.54 Å². The van der Waals surface area contributed by atoms with Gasteiger partial charge in [-0.2, -0.15) is 5.26 Å². The normalized spacial score (nSPS) is 10.3. The van der Waals surface area contributed by atoms with Crippen molar-refractivity contribution in [3.8, 4) is 6.07 Å². The number of aromatic nitrogens is 1. The lowest BCUT2D eigenvalue weighted by Crippen LogP contribution is -2.13. The van der Waals surface area contributed by atoms with Gasteiger partial charge in [-0.25, -0.2) is 9.37 Å². The quantitative estimate of drug-likeness (QED) is 0.897. The Kier molecular flexibility index (Phi) is 3.70. The Balaban J connectivity index is 1.93. The number of hydrogen-bond donors (Lipinski definition) is 1. The molecule has 1 aromatic heterocycles. The summed E-state index contributed by atoms with van der Waals surface area (Å²) in [5.74, 6) is 0.875. The molecule has 0 aliphatic carbocycles. The average Bonchev–Trinajstić information content (AvgIpc) is 2.77. The van der Waals surface area contributed by atoms with Gasteiger partial charge in [0.25, 0.3) is 0 Å². The monoisotopic (exact) mass is 245 g/mol. The van der Waals surface area contributed by atoms with E-state index >= 15 is 0 Å². The molecule has 4 nitrogen and oxygen atoms in total. The summed E-state index contributed by atoms with van der Waals surface area (Å²) in [6.45, 7) is 2.85. The van der Waals surface area contributed by atoms with E-state index in [-0.39, 0.29) is 5.56 Å². The van der Waals surface area contributed by atoms with Crippen LogP contribution in [-0.4, -0.2) is 4.98 Å². The van der Waals surface area contributed by atoms with E-state index in [1.165, 1.54) is 12.1 Å². The Bertz CT molecular complexity index is 586. The fourth-order valence-corrected chi connectivity index (χ4v) is 1.57. The molecular weight excluding hydrogens is 233 g/mol. The highest BCUT2D eigenvalue weighted by molar-refractivity contribution is 5.34. The van der Waals surface area contributed by atoms with Crippen LogP contribution in [0.25, 0.3) is 0 Å². The Morgan fingerprint density at radius 2 is 2.28 bits per heavy atom. The third-order valence-corrected chi connectivity index (χ3v) is 2.43. The van der Waals surface area contributed by atoms with Gasteiger partial charge < -0.3 is 9.73 Å². The molecule has 0 atom stereocenters. The number of hydrogen-bond acceptors (Lipinski definition) is 4. The van der Waals surface area contributed by atoms with Crippen molar-refractivity contribution in [1.82, 2.24) is 10.3 Å². The highest BCUT2D eigenvalue weighted by Crippen LogP contribution is 2.09. The summed E-state index contributed by atoms with van der Waals surface area (Å²) in [6, 6.07) is 6.28. The predicted octanol–water partition coefficient (Wildman–Crippen LogP) is 2.28. The van der Waals surface area contributed by atoms with Crippen LogP contribution in [0.3, 0.4) is 0 Å². The molecule has 1 N–H and O–H groups in total. The first-order chi connectivity index (χ1) is 8.69. The molecule has 0 saturated carbocycles. The molecule has 1 aromatic carbocycles. The largest absolute Gasteiger partial charge is 0.445 e. The molecule has 0 bridgehead atoms. The van der Waals surface area contributed by atoms with Gasteiger partial charge in [0.05, 0.1) is 18.3 Å². The Hall–Kier alpha value is -2.19. The number of oxazole rings is 1. The van der Waals surface area contributed by atoms with Crippen LogP contribution in [-0.2, 0) is 13.1 Å². The van der Waals surface area contributed by atoms with Crippen LogP contribution in [0.2, 0.25) is 0 Å². The molecule has 0 aliphatic heterocycles. The molecule has 92 valence electrons. The third kappa shape index (κ3) is 2.93.